The van der Waals surface area contributed by atoms with E-state index in [1.54, 1.807) is 4.90 Å². The van der Waals surface area contributed by atoms with Crippen LogP contribution in [0.4, 0.5) is 5.69 Å². The lowest BCUT2D eigenvalue weighted by molar-refractivity contribution is -0.113. The minimum Gasteiger partial charge on any atom is -0.494 e. The molecule has 1 amide bonds. The van der Waals surface area contributed by atoms with E-state index in [1.165, 1.54) is 0 Å². The average Bonchev–Trinajstić information content (AvgIpc) is 3.06. The number of nitrogens with zero attached hydrogens (tertiary/aromatic N) is 1. The van der Waals surface area contributed by atoms with E-state index in [-0.39, 0.29) is 5.91 Å². The molecule has 1 aliphatic heterocycles. The fourth-order valence-electron chi connectivity index (χ4n) is 3.51. The molecule has 3 nitrogen and oxygen atoms in total. The number of carbonyl (C=O) groups excluding carboxylic acids is 1. The Hall–Kier alpha value is -3.30. The Morgan fingerprint density at radius 3 is 2.33 bits per heavy atom. The van der Waals surface area contributed by atoms with Crippen molar-refractivity contribution in [3.05, 3.63) is 106 Å². The second-order valence-electron chi connectivity index (χ2n) is 7.07. The molecule has 0 saturated heterocycles. The number of hydrogen-bond acceptors (Lipinski definition) is 2. The zero-order valence-corrected chi connectivity index (χ0v) is 17.7. The Morgan fingerprint density at radius 1 is 0.967 bits per heavy atom. The van der Waals surface area contributed by atoms with E-state index in [2.05, 4.69) is 0 Å². The Labute approximate surface area is 181 Å². The van der Waals surface area contributed by atoms with Crippen molar-refractivity contribution in [3.8, 4) is 5.75 Å². The molecule has 1 heterocycles. The highest BCUT2D eigenvalue weighted by Gasteiger charge is 2.31. The number of anilines is 1. The van der Waals surface area contributed by atoms with Gasteiger partial charge in [0.05, 0.1) is 18.0 Å². The summed E-state index contributed by atoms with van der Waals surface area (Å²) in [5.41, 5.74) is 5.26. The minimum atomic E-state index is -0.0527. The molecule has 0 saturated carbocycles. The molecular weight excluding hydrogens is 394 g/mol. The lowest BCUT2D eigenvalue weighted by Gasteiger charge is -2.22. The summed E-state index contributed by atoms with van der Waals surface area (Å²) in [5.74, 6) is 0.763. The molecule has 4 rings (SSSR count). The number of halogens is 1. The van der Waals surface area contributed by atoms with Crippen molar-refractivity contribution in [1.82, 2.24) is 0 Å². The molecule has 0 spiro atoms. The molecule has 0 aliphatic carbocycles. The Bertz CT molecular complexity index is 1130. The van der Waals surface area contributed by atoms with Crippen molar-refractivity contribution in [2.75, 3.05) is 11.5 Å². The van der Waals surface area contributed by atoms with Gasteiger partial charge in [-0.25, -0.2) is 0 Å². The topological polar surface area (TPSA) is 29.5 Å². The van der Waals surface area contributed by atoms with Crippen molar-refractivity contribution in [1.29, 1.82) is 0 Å². The van der Waals surface area contributed by atoms with Gasteiger partial charge in [0.1, 0.15) is 5.75 Å². The molecule has 30 heavy (non-hydrogen) atoms. The monoisotopic (exact) mass is 415 g/mol. The van der Waals surface area contributed by atoms with E-state index >= 15 is 0 Å². The van der Waals surface area contributed by atoms with Crippen molar-refractivity contribution >= 4 is 35.0 Å². The summed E-state index contributed by atoms with van der Waals surface area (Å²) < 4.78 is 5.51. The van der Waals surface area contributed by atoms with Crippen LogP contribution in [0.2, 0.25) is 5.02 Å². The Balaban J connectivity index is 1.77. The summed E-state index contributed by atoms with van der Waals surface area (Å²) >= 11 is 6.08. The molecule has 0 radical (unpaired) electrons. The van der Waals surface area contributed by atoms with Crippen LogP contribution in [0.25, 0.3) is 11.8 Å². The summed E-state index contributed by atoms with van der Waals surface area (Å²) in [6, 6.07) is 23.2. The van der Waals surface area contributed by atoms with Crippen LogP contribution in [0, 0.1) is 6.92 Å². The maximum absolute atomic E-state index is 13.4. The number of rotatable bonds is 5. The number of benzene rings is 3. The van der Waals surface area contributed by atoms with Crippen LogP contribution in [0.1, 0.15) is 23.6 Å². The average molecular weight is 416 g/mol. The molecule has 3 aromatic rings. The summed E-state index contributed by atoms with van der Waals surface area (Å²) in [7, 11) is 0. The van der Waals surface area contributed by atoms with Crippen molar-refractivity contribution in [2.24, 2.45) is 0 Å². The first-order valence-electron chi connectivity index (χ1n) is 9.89. The molecular formula is C26H22ClNO2. The molecule has 0 bridgehead atoms. The predicted molar refractivity (Wildman–Crippen MR) is 124 cm³/mol. The van der Waals surface area contributed by atoms with Crippen molar-refractivity contribution < 1.29 is 9.53 Å². The second kappa shape index (κ2) is 8.60. The number of amides is 1. The first-order chi connectivity index (χ1) is 14.6. The van der Waals surface area contributed by atoms with E-state index < -0.39 is 0 Å². The van der Waals surface area contributed by atoms with Gasteiger partial charge in [0.2, 0.25) is 0 Å². The molecule has 0 fully saturated rings. The van der Waals surface area contributed by atoms with Gasteiger partial charge in [-0.2, -0.15) is 0 Å². The fraction of sp³-hybridized carbons (Fsp3) is 0.115. The van der Waals surface area contributed by atoms with Gasteiger partial charge < -0.3 is 4.74 Å². The van der Waals surface area contributed by atoms with Crippen LogP contribution in [0.5, 0.6) is 5.75 Å². The highest BCUT2D eigenvalue weighted by atomic mass is 35.5. The molecule has 4 heteroatoms. The van der Waals surface area contributed by atoms with E-state index in [9.17, 15) is 4.79 Å². The highest BCUT2D eigenvalue weighted by Crippen LogP contribution is 2.37. The van der Waals surface area contributed by atoms with Gasteiger partial charge in [0.15, 0.2) is 0 Å². The molecule has 150 valence electrons. The van der Waals surface area contributed by atoms with E-state index in [1.807, 2.05) is 98.8 Å². The lowest BCUT2D eigenvalue weighted by atomic mass is 10.1. The third-order valence-electron chi connectivity index (χ3n) is 4.99. The van der Waals surface area contributed by atoms with Crippen molar-refractivity contribution in [3.63, 3.8) is 0 Å². The van der Waals surface area contributed by atoms with Gasteiger partial charge in [-0.15, -0.1) is 0 Å². The highest BCUT2D eigenvalue weighted by molar-refractivity contribution is 6.30. The van der Waals surface area contributed by atoms with Gasteiger partial charge in [0, 0.05) is 10.6 Å². The van der Waals surface area contributed by atoms with E-state index in [0.717, 1.165) is 33.8 Å². The smallest absolute Gasteiger partial charge is 0.262 e. The quantitative estimate of drug-likeness (QED) is 0.444. The number of aryl methyl sites for hydroxylation is 1. The fourth-order valence-corrected chi connectivity index (χ4v) is 3.63. The summed E-state index contributed by atoms with van der Waals surface area (Å²) in [6.07, 6.45) is 3.85. The van der Waals surface area contributed by atoms with E-state index in [4.69, 9.17) is 16.3 Å². The third-order valence-corrected chi connectivity index (χ3v) is 5.24. The maximum atomic E-state index is 13.4. The first kappa shape index (κ1) is 20.0. The third kappa shape index (κ3) is 4.03. The van der Waals surface area contributed by atoms with Crippen LogP contribution in [-0.2, 0) is 4.79 Å². The number of carbonyl (C=O) groups is 1. The van der Waals surface area contributed by atoms with Crippen LogP contribution in [0.3, 0.4) is 0 Å². The number of ether oxygens (including phenoxy) is 1. The van der Waals surface area contributed by atoms with Crippen LogP contribution < -0.4 is 9.64 Å². The zero-order valence-electron chi connectivity index (χ0n) is 16.9. The molecule has 1 aliphatic rings. The van der Waals surface area contributed by atoms with Crippen LogP contribution in [0.15, 0.2) is 84.4 Å². The van der Waals surface area contributed by atoms with Crippen LogP contribution in [-0.4, -0.2) is 12.5 Å². The molecule has 0 aromatic heterocycles. The number of hydrogen-bond donors (Lipinski definition) is 0. The minimum absolute atomic E-state index is 0.0527. The van der Waals surface area contributed by atoms with Crippen molar-refractivity contribution in [2.45, 2.75) is 13.8 Å². The van der Waals surface area contributed by atoms with E-state index in [0.29, 0.717) is 17.2 Å². The molecule has 3 aromatic carbocycles. The molecule has 0 N–H and O–H groups in total. The van der Waals surface area contributed by atoms with Gasteiger partial charge in [0.25, 0.3) is 5.91 Å². The lowest BCUT2D eigenvalue weighted by Crippen LogP contribution is -2.25. The first-order valence-corrected chi connectivity index (χ1v) is 10.3. The largest absolute Gasteiger partial charge is 0.494 e. The Kier molecular flexibility index (Phi) is 5.73. The zero-order chi connectivity index (χ0) is 21.1. The van der Waals surface area contributed by atoms with Gasteiger partial charge in [-0.1, -0.05) is 54.1 Å². The van der Waals surface area contributed by atoms with Gasteiger partial charge in [-0.05, 0) is 73.0 Å². The number of para-hydroxylation sites is 1. The van der Waals surface area contributed by atoms with Crippen LogP contribution >= 0.6 is 11.6 Å². The molecule has 0 atom stereocenters. The maximum Gasteiger partial charge on any atom is 0.262 e. The SMILES string of the molecule is CCOc1ccc(/C=C2\C=C(c3ccc(Cl)cc3)N(c3ccccc3C)C2=O)cc1. The summed E-state index contributed by atoms with van der Waals surface area (Å²) in [4.78, 5) is 15.2. The Morgan fingerprint density at radius 2 is 1.67 bits per heavy atom. The van der Waals surface area contributed by atoms with Gasteiger partial charge >= 0.3 is 0 Å². The molecule has 0 unspecified atom stereocenters. The summed E-state index contributed by atoms with van der Waals surface area (Å²) in [5, 5.41) is 0.663. The normalized spacial score (nSPS) is 14.9. The van der Waals surface area contributed by atoms with Gasteiger partial charge in [-0.3, -0.25) is 9.69 Å². The standard InChI is InChI=1S/C26H22ClNO2/c1-3-30-23-14-8-19(9-15-23)16-21-17-25(20-10-12-22(27)13-11-20)28(26(21)29)24-7-5-4-6-18(24)2/h4-17H,3H2,1-2H3/b21-16+. The second-order valence-corrected chi connectivity index (χ2v) is 7.50. The predicted octanol–water partition coefficient (Wildman–Crippen LogP) is 6.52. The summed E-state index contributed by atoms with van der Waals surface area (Å²) in [6.45, 7) is 4.59.